The van der Waals surface area contributed by atoms with Crippen molar-refractivity contribution in [3.05, 3.63) is 58.7 Å². The van der Waals surface area contributed by atoms with Crippen LogP contribution in [0.3, 0.4) is 0 Å². The summed E-state index contributed by atoms with van der Waals surface area (Å²) >= 11 is 0. The maximum Gasteiger partial charge on any atom is 0.295 e. The number of benzene rings is 2. The normalized spacial score (nSPS) is 17.4. The Morgan fingerprint density at radius 3 is 2.33 bits per heavy atom. The second-order valence-corrected chi connectivity index (χ2v) is 7.61. The average molecular weight is 456 g/mol. The first-order valence-electron chi connectivity index (χ1n) is 10.5. The number of ether oxygens (including phenoxy) is 4. The number of carbonyl (C=O) groups excluding carboxylic acids is 2. The SMILES string of the molecule is COCCCN1C(=O)C(=O)/C(=C(/O)c2ccc(OC)c(C)c2)C1c1cccc(OC)c1OC. The second kappa shape index (κ2) is 10.4. The van der Waals surface area contributed by atoms with Crippen LogP contribution < -0.4 is 14.2 Å². The molecule has 1 unspecified atom stereocenters. The summed E-state index contributed by atoms with van der Waals surface area (Å²) in [5, 5.41) is 11.3. The van der Waals surface area contributed by atoms with Crippen molar-refractivity contribution in [3.8, 4) is 17.2 Å². The van der Waals surface area contributed by atoms with Gasteiger partial charge in [0.1, 0.15) is 11.5 Å². The molecule has 0 saturated carbocycles. The fraction of sp³-hybridized carbons (Fsp3) is 0.360. The summed E-state index contributed by atoms with van der Waals surface area (Å²) in [5.41, 5.74) is 1.73. The largest absolute Gasteiger partial charge is 0.507 e. The first-order valence-corrected chi connectivity index (χ1v) is 10.5. The van der Waals surface area contributed by atoms with Gasteiger partial charge < -0.3 is 29.0 Å². The van der Waals surface area contributed by atoms with Crippen LogP contribution in [0.25, 0.3) is 5.76 Å². The molecule has 0 spiro atoms. The lowest BCUT2D eigenvalue weighted by molar-refractivity contribution is -0.140. The minimum atomic E-state index is -0.852. The van der Waals surface area contributed by atoms with Crippen LogP contribution >= 0.6 is 0 Å². The molecule has 0 radical (unpaired) electrons. The van der Waals surface area contributed by atoms with Crippen molar-refractivity contribution in [1.29, 1.82) is 0 Å². The van der Waals surface area contributed by atoms with E-state index in [1.807, 2.05) is 6.92 Å². The first-order chi connectivity index (χ1) is 15.9. The highest BCUT2D eigenvalue weighted by Gasteiger charge is 2.47. The molecule has 1 aliphatic heterocycles. The number of carbonyl (C=O) groups is 2. The third-order valence-electron chi connectivity index (χ3n) is 5.68. The number of para-hydroxylation sites is 1. The zero-order valence-electron chi connectivity index (χ0n) is 19.5. The third-order valence-corrected chi connectivity index (χ3v) is 5.68. The Bertz CT molecular complexity index is 1080. The molecule has 2 aromatic rings. The van der Waals surface area contributed by atoms with Gasteiger partial charge in [0.2, 0.25) is 0 Å². The molecule has 0 bridgehead atoms. The number of hydrogen-bond donors (Lipinski definition) is 1. The van der Waals surface area contributed by atoms with Crippen LogP contribution in [-0.4, -0.2) is 63.3 Å². The van der Waals surface area contributed by atoms with Crippen molar-refractivity contribution in [1.82, 2.24) is 4.90 Å². The Balaban J connectivity index is 2.22. The van der Waals surface area contributed by atoms with Crippen molar-refractivity contribution in [2.75, 3.05) is 41.6 Å². The van der Waals surface area contributed by atoms with E-state index < -0.39 is 17.7 Å². The van der Waals surface area contributed by atoms with Crippen LogP contribution in [0.4, 0.5) is 0 Å². The molecule has 8 nitrogen and oxygen atoms in total. The summed E-state index contributed by atoms with van der Waals surface area (Å²) < 4.78 is 21.4. The number of aliphatic hydroxyl groups excluding tert-OH is 1. The van der Waals surface area contributed by atoms with Crippen LogP contribution in [0, 0.1) is 6.92 Å². The predicted octanol–water partition coefficient (Wildman–Crippen LogP) is 3.48. The average Bonchev–Trinajstić information content (AvgIpc) is 3.07. The van der Waals surface area contributed by atoms with Gasteiger partial charge >= 0.3 is 0 Å². The van der Waals surface area contributed by atoms with Gasteiger partial charge in [0.15, 0.2) is 11.5 Å². The zero-order chi connectivity index (χ0) is 24.1. The number of rotatable bonds is 9. The van der Waals surface area contributed by atoms with E-state index in [9.17, 15) is 14.7 Å². The Hall–Kier alpha value is -3.52. The smallest absolute Gasteiger partial charge is 0.295 e. The number of ketones is 1. The van der Waals surface area contributed by atoms with E-state index in [2.05, 4.69) is 0 Å². The van der Waals surface area contributed by atoms with Crippen LogP contribution in [0.5, 0.6) is 17.2 Å². The predicted molar refractivity (Wildman–Crippen MR) is 123 cm³/mol. The number of aryl methyl sites for hydroxylation is 1. The molecule has 1 fully saturated rings. The van der Waals surface area contributed by atoms with Crippen molar-refractivity contribution >= 4 is 17.4 Å². The van der Waals surface area contributed by atoms with E-state index in [0.717, 1.165) is 5.56 Å². The Morgan fingerprint density at radius 1 is 1.00 bits per heavy atom. The number of aliphatic hydroxyl groups is 1. The van der Waals surface area contributed by atoms with E-state index >= 15 is 0 Å². The minimum absolute atomic E-state index is 0.00598. The van der Waals surface area contributed by atoms with Gasteiger partial charge in [-0.2, -0.15) is 0 Å². The molecule has 1 N–H and O–H groups in total. The van der Waals surface area contributed by atoms with Crippen LogP contribution in [0.15, 0.2) is 42.0 Å². The highest BCUT2D eigenvalue weighted by molar-refractivity contribution is 6.46. The van der Waals surface area contributed by atoms with Crippen molar-refractivity contribution < 1.29 is 33.6 Å². The molecule has 3 rings (SSSR count). The van der Waals surface area contributed by atoms with Gasteiger partial charge in [-0.15, -0.1) is 0 Å². The third kappa shape index (κ3) is 4.52. The van der Waals surface area contributed by atoms with Gasteiger partial charge in [-0.05, 0) is 43.2 Å². The van der Waals surface area contributed by atoms with Crippen molar-refractivity contribution in [3.63, 3.8) is 0 Å². The van der Waals surface area contributed by atoms with Gasteiger partial charge in [0, 0.05) is 31.4 Å². The first kappa shape index (κ1) is 24.1. The minimum Gasteiger partial charge on any atom is -0.507 e. The van der Waals surface area contributed by atoms with E-state index in [0.29, 0.717) is 41.4 Å². The number of hydrogen-bond acceptors (Lipinski definition) is 7. The second-order valence-electron chi connectivity index (χ2n) is 7.61. The zero-order valence-corrected chi connectivity index (χ0v) is 19.5. The monoisotopic (exact) mass is 455 g/mol. The van der Waals surface area contributed by atoms with Gasteiger partial charge in [0.05, 0.1) is 32.9 Å². The Labute approximate surface area is 193 Å². The molecule has 8 heteroatoms. The lowest BCUT2D eigenvalue weighted by atomic mass is 9.94. The molecular weight excluding hydrogens is 426 g/mol. The van der Waals surface area contributed by atoms with Crippen molar-refractivity contribution in [2.45, 2.75) is 19.4 Å². The molecule has 33 heavy (non-hydrogen) atoms. The fourth-order valence-electron chi connectivity index (χ4n) is 4.12. The van der Waals surface area contributed by atoms with Crippen LogP contribution in [0.2, 0.25) is 0 Å². The van der Waals surface area contributed by atoms with Gasteiger partial charge in [-0.3, -0.25) is 9.59 Å². The highest BCUT2D eigenvalue weighted by atomic mass is 16.5. The quantitative estimate of drug-likeness (QED) is 0.268. The highest BCUT2D eigenvalue weighted by Crippen LogP contribution is 2.45. The van der Waals surface area contributed by atoms with E-state index in [4.69, 9.17) is 18.9 Å². The van der Waals surface area contributed by atoms with Crippen LogP contribution in [-0.2, 0) is 14.3 Å². The Kier molecular flexibility index (Phi) is 7.60. The molecule has 1 aliphatic rings. The molecule has 0 aromatic heterocycles. The molecule has 1 saturated heterocycles. The van der Waals surface area contributed by atoms with Crippen LogP contribution in [0.1, 0.15) is 29.2 Å². The Morgan fingerprint density at radius 2 is 1.73 bits per heavy atom. The molecule has 2 aromatic carbocycles. The molecule has 0 aliphatic carbocycles. The molecular formula is C25H29NO7. The standard InChI is InChI=1S/C25H29NO7/c1-15-14-16(10-11-18(15)31-3)22(27)20-21(17-8-6-9-19(32-4)24(17)33-5)26(12-7-13-30-2)25(29)23(20)28/h6,8-11,14,21,27H,7,12-13H2,1-5H3/b22-20+. The molecule has 1 atom stereocenters. The van der Waals surface area contributed by atoms with Gasteiger partial charge in [-0.1, -0.05) is 12.1 Å². The van der Waals surface area contributed by atoms with Gasteiger partial charge in [0.25, 0.3) is 11.7 Å². The number of methoxy groups -OCH3 is 4. The summed E-state index contributed by atoms with van der Waals surface area (Å²) in [4.78, 5) is 27.7. The topological polar surface area (TPSA) is 94.5 Å². The summed E-state index contributed by atoms with van der Waals surface area (Å²) in [7, 11) is 6.13. The van der Waals surface area contributed by atoms with Gasteiger partial charge in [-0.25, -0.2) is 0 Å². The van der Waals surface area contributed by atoms with E-state index in [1.165, 1.54) is 19.1 Å². The number of nitrogens with zero attached hydrogens (tertiary/aromatic N) is 1. The number of likely N-dealkylation sites (tertiary alicyclic amines) is 1. The lowest BCUT2D eigenvalue weighted by Crippen LogP contribution is -2.31. The lowest BCUT2D eigenvalue weighted by Gasteiger charge is -2.27. The maximum absolute atomic E-state index is 13.2. The summed E-state index contributed by atoms with van der Waals surface area (Å²) in [5.74, 6) is -0.208. The molecule has 176 valence electrons. The van der Waals surface area contributed by atoms with E-state index in [-0.39, 0.29) is 17.9 Å². The number of Topliss-reactive ketones (excluding diaryl/α,β-unsaturated/α-hetero) is 1. The van der Waals surface area contributed by atoms with Crippen molar-refractivity contribution in [2.24, 2.45) is 0 Å². The summed E-state index contributed by atoms with van der Waals surface area (Å²) in [6.07, 6.45) is 0.522. The fourth-order valence-corrected chi connectivity index (χ4v) is 4.12. The van der Waals surface area contributed by atoms with E-state index in [1.54, 1.807) is 50.6 Å². The molecule has 1 amide bonds. The summed E-state index contributed by atoms with van der Waals surface area (Å²) in [6.45, 7) is 2.52. The summed E-state index contributed by atoms with van der Waals surface area (Å²) in [6, 6.07) is 9.46. The maximum atomic E-state index is 13.2. The molecule has 1 heterocycles. The number of amides is 1.